The molecule has 0 aliphatic heterocycles. The number of nitrogens with one attached hydrogen (secondary N) is 2. The Morgan fingerprint density at radius 1 is 1.21 bits per heavy atom. The first-order valence-corrected chi connectivity index (χ1v) is 10.6. The third kappa shape index (κ3) is 6.66. The number of furan rings is 1. The Morgan fingerprint density at radius 3 is 2.68 bits per heavy atom. The van der Waals surface area contributed by atoms with Crippen LogP contribution in [0.4, 0.5) is 10.5 Å². The molecule has 3 rings (SSSR count). The zero-order chi connectivity index (χ0) is 24.5. The zero-order valence-corrected chi connectivity index (χ0v) is 18.8. The van der Waals surface area contributed by atoms with Gasteiger partial charge in [-0.25, -0.2) is 10.2 Å². The molecule has 176 valence electrons. The van der Waals surface area contributed by atoms with Crippen LogP contribution in [0.15, 0.2) is 70.2 Å². The second-order valence-electron chi connectivity index (χ2n) is 6.95. The molecule has 0 radical (unpaired) electrons. The number of nitrogens with zero attached hydrogens (tertiary/aromatic N) is 2. The first kappa shape index (κ1) is 24.5. The fraction of sp³-hybridized carbons (Fsp3) is 0.174. The quantitative estimate of drug-likeness (QED) is 0.253. The van der Waals surface area contributed by atoms with Crippen molar-refractivity contribution in [1.29, 1.82) is 0 Å². The van der Waals surface area contributed by atoms with Gasteiger partial charge in [-0.05, 0) is 36.8 Å². The minimum absolute atomic E-state index is 0.0241. The maximum atomic E-state index is 12.4. The van der Waals surface area contributed by atoms with E-state index < -0.39 is 23.0 Å². The van der Waals surface area contributed by atoms with Gasteiger partial charge in [0.15, 0.2) is 0 Å². The number of nitro benzene ring substituents is 1. The van der Waals surface area contributed by atoms with Gasteiger partial charge in [0.05, 0.1) is 30.2 Å². The van der Waals surface area contributed by atoms with E-state index in [4.69, 9.17) is 20.8 Å². The number of hydrogen-bond donors (Lipinski definition) is 2. The van der Waals surface area contributed by atoms with Crippen LogP contribution in [0.25, 0.3) is 11.3 Å². The van der Waals surface area contributed by atoms with E-state index in [-0.39, 0.29) is 23.7 Å². The Bertz CT molecular complexity index is 1200. The predicted octanol–water partition coefficient (Wildman–Crippen LogP) is 4.84. The van der Waals surface area contributed by atoms with Gasteiger partial charge in [-0.1, -0.05) is 41.9 Å². The molecule has 0 aliphatic carbocycles. The van der Waals surface area contributed by atoms with Gasteiger partial charge in [0.1, 0.15) is 16.5 Å². The van der Waals surface area contributed by atoms with E-state index >= 15 is 0 Å². The Labute approximate surface area is 199 Å². The molecule has 1 heterocycles. The highest BCUT2D eigenvalue weighted by Gasteiger charge is 2.19. The number of amides is 2. The number of rotatable bonds is 9. The first-order chi connectivity index (χ1) is 16.4. The summed E-state index contributed by atoms with van der Waals surface area (Å²) in [6.45, 7) is 1.89. The lowest BCUT2D eigenvalue weighted by Gasteiger charge is -2.17. The van der Waals surface area contributed by atoms with Crippen LogP contribution >= 0.6 is 11.6 Å². The lowest BCUT2D eigenvalue weighted by molar-refractivity contribution is -0.384. The van der Waals surface area contributed by atoms with Gasteiger partial charge in [-0.2, -0.15) is 5.10 Å². The highest BCUT2D eigenvalue weighted by atomic mass is 35.5. The van der Waals surface area contributed by atoms with Crippen molar-refractivity contribution in [3.63, 3.8) is 0 Å². The van der Waals surface area contributed by atoms with E-state index in [9.17, 15) is 19.7 Å². The summed E-state index contributed by atoms with van der Waals surface area (Å²) in [6.07, 6.45) is 0.596. The van der Waals surface area contributed by atoms with Gasteiger partial charge < -0.3 is 14.5 Å². The SMILES string of the molecule is CCOC(=O)N[C@@H](CC(=O)N/N=C\c1ccc(-c2ccc(Cl)c([N+](=O)[O-])c2)o1)c1ccccc1. The number of carbonyl (C=O) groups excluding carboxylic acids is 2. The molecule has 2 amide bonds. The van der Waals surface area contributed by atoms with Crippen molar-refractivity contribution < 1.29 is 23.7 Å². The van der Waals surface area contributed by atoms with Crippen LogP contribution in [0.1, 0.15) is 30.7 Å². The van der Waals surface area contributed by atoms with E-state index in [0.717, 1.165) is 5.56 Å². The molecule has 3 aromatic rings. The van der Waals surface area contributed by atoms with Crippen molar-refractivity contribution in [2.75, 3.05) is 6.61 Å². The van der Waals surface area contributed by atoms with Gasteiger partial charge in [-0.15, -0.1) is 0 Å². The van der Waals surface area contributed by atoms with Gasteiger partial charge in [0.2, 0.25) is 5.91 Å². The Hall–Kier alpha value is -4.18. The Balaban J connectivity index is 1.63. The molecule has 0 aliphatic rings. The molecule has 1 aromatic heterocycles. The largest absolute Gasteiger partial charge is 0.455 e. The van der Waals surface area contributed by atoms with Crippen molar-refractivity contribution in [3.8, 4) is 11.3 Å². The zero-order valence-electron chi connectivity index (χ0n) is 18.1. The second kappa shape index (κ2) is 11.6. The molecule has 1 atom stereocenters. The molecular formula is C23H21ClN4O6. The number of hydrazone groups is 1. The fourth-order valence-electron chi connectivity index (χ4n) is 3.03. The minimum atomic E-state index is -0.627. The molecule has 10 nitrogen and oxygen atoms in total. The lowest BCUT2D eigenvalue weighted by atomic mass is 10.0. The number of benzene rings is 2. The maximum Gasteiger partial charge on any atom is 0.407 e. The maximum absolute atomic E-state index is 12.4. The van der Waals surface area contributed by atoms with Crippen LogP contribution in [-0.2, 0) is 9.53 Å². The molecule has 0 fully saturated rings. The Kier molecular flexibility index (Phi) is 8.36. The summed E-state index contributed by atoms with van der Waals surface area (Å²) in [7, 11) is 0. The predicted molar refractivity (Wildman–Crippen MR) is 126 cm³/mol. The molecule has 0 spiro atoms. The summed E-state index contributed by atoms with van der Waals surface area (Å²) in [4.78, 5) is 34.7. The van der Waals surface area contributed by atoms with E-state index in [1.165, 1.54) is 18.3 Å². The van der Waals surface area contributed by atoms with Crippen LogP contribution in [-0.4, -0.2) is 29.7 Å². The summed E-state index contributed by atoms with van der Waals surface area (Å²) < 4.78 is 10.5. The number of hydrogen-bond acceptors (Lipinski definition) is 7. The molecule has 0 unspecified atom stereocenters. The van der Waals surface area contributed by atoms with Crippen LogP contribution in [0.2, 0.25) is 5.02 Å². The van der Waals surface area contributed by atoms with E-state index in [1.807, 2.05) is 6.07 Å². The number of halogens is 1. The molecule has 0 saturated carbocycles. The molecule has 0 bridgehead atoms. The first-order valence-electron chi connectivity index (χ1n) is 10.2. The van der Waals surface area contributed by atoms with Crippen LogP contribution in [0.3, 0.4) is 0 Å². The van der Waals surface area contributed by atoms with Crippen LogP contribution in [0, 0.1) is 10.1 Å². The lowest BCUT2D eigenvalue weighted by Crippen LogP contribution is -2.33. The number of nitro groups is 1. The molecule has 0 saturated heterocycles. The van der Waals surface area contributed by atoms with Crippen molar-refractivity contribution in [2.45, 2.75) is 19.4 Å². The van der Waals surface area contributed by atoms with E-state index in [2.05, 4.69) is 15.8 Å². The summed E-state index contributed by atoms with van der Waals surface area (Å²) >= 11 is 5.84. The van der Waals surface area contributed by atoms with Crippen LogP contribution in [0.5, 0.6) is 0 Å². The van der Waals surface area contributed by atoms with Crippen molar-refractivity contribution in [2.24, 2.45) is 5.10 Å². The number of alkyl carbamates (subject to hydrolysis) is 1. The van der Waals surface area contributed by atoms with Crippen LogP contribution < -0.4 is 10.7 Å². The van der Waals surface area contributed by atoms with Gasteiger partial charge >= 0.3 is 6.09 Å². The standard InChI is InChI=1S/C23H21ClN4O6/c1-2-33-23(30)26-19(15-6-4-3-5-7-15)13-22(29)27-25-14-17-9-11-21(34-17)16-8-10-18(24)20(12-16)28(31)32/h3-12,14,19H,2,13H2,1H3,(H,26,30)(H,27,29)/b25-14-/t19-/m0/s1. The third-order valence-corrected chi connectivity index (χ3v) is 4.91. The topological polar surface area (TPSA) is 136 Å². The average Bonchev–Trinajstić information content (AvgIpc) is 3.28. The smallest absolute Gasteiger partial charge is 0.407 e. The molecule has 34 heavy (non-hydrogen) atoms. The monoisotopic (exact) mass is 484 g/mol. The molecule has 2 N–H and O–H groups in total. The summed E-state index contributed by atoms with van der Waals surface area (Å²) in [6, 6.07) is 15.9. The average molecular weight is 485 g/mol. The van der Waals surface area contributed by atoms with Crippen molar-refractivity contribution in [1.82, 2.24) is 10.7 Å². The minimum Gasteiger partial charge on any atom is -0.455 e. The van der Waals surface area contributed by atoms with Gasteiger partial charge in [0.25, 0.3) is 5.69 Å². The molecule has 2 aromatic carbocycles. The normalized spacial score (nSPS) is 11.7. The summed E-state index contributed by atoms with van der Waals surface area (Å²) in [5.74, 6) is 0.245. The van der Waals surface area contributed by atoms with E-state index in [0.29, 0.717) is 17.1 Å². The number of carbonyl (C=O) groups is 2. The van der Waals surface area contributed by atoms with Crippen molar-refractivity contribution in [3.05, 3.63) is 87.1 Å². The fourth-order valence-corrected chi connectivity index (χ4v) is 3.22. The second-order valence-corrected chi connectivity index (χ2v) is 7.36. The Morgan fingerprint density at radius 2 is 1.97 bits per heavy atom. The number of ether oxygens (including phenoxy) is 1. The van der Waals surface area contributed by atoms with Gasteiger partial charge in [-0.3, -0.25) is 14.9 Å². The summed E-state index contributed by atoms with van der Waals surface area (Å²) in [5.41, 5.74) is 3.36. The summed E-state index contributed by atoms with van der Waals surface area (Å²) in [5, 5.41) is 17.6. The molecular weight excluding hydrogens is 464 g/mol. The van der Waals surface area contributed by atoms with E-state index in [1.54, 1.807) is 49.4 Å². The highest BCUT2D eigenvalue weighted by Crippen LogP contribution is 2.31. The molecule has 11 heteroatoms. The third-order valence-electron chi connectivity index (χ3n) is 4.59. The van der Waals surface area contributed by atoms with Gasteiger partial charge in [0, 0.05) is 11.6 Å². The highest BCUT2D eigenvalue weighted by molar-refractivity contribution is 6.32. The van der Waals surface area contributed by atoms with Crippen molar-refractivity contribution >= 4 is 35.5 Å².